The SMILES string of the molecule is CC(C)(CCN)CCC(=O)NCCc1ncon1. The summed E-state index contributed by atoms with van der Waals surface area (Å²) in [5.74, 6) is 0.669. The molecule has 1 rings (SSSR count). The van der Waals surface area contributed by atoms with Crippen molar-refractivity contribution in [1.82, 2.24) is 15.5 Å². The summed E-state index contributed by atoms with van der Waals surface area (Å²) in [7, 11) is 0. The first-order chi connectivity index (χ1) is 8.53. The van der Waals surface area contributed by atoms with Crippen LogP contribution in [0, 0.1) is 5.41 Å². The standard InChI is InChI=1S/C12H22N4O2/c1-12(2,6-7-13)5-3-11(17)14-8-4-10-15-9-18-16-10/h9H,3-8,13H2,1-2H3,(H,14,17). The smallest absolute Gasteiger partial charge is 0.220 e. The predicted octanol–water partition coefficient (Wildman–Crippen LogP) is 0.883. The van der Waals surface area contributed by atoms with Crippen LogP contribution in [-0.2, 0) is 11.2 Å². The van der Waals surface area contributed by atoms with Crippen LogP contribution in [0.1, 0.15) is 38.9 Å². The Morgan fingerprint density at radius 3 is 2.89 bits per heavy atom. The molecule has 102 valence electrons. The van der Waals surface area contributed by atoms with Crippen molar-refractivity contribution >= 4 is 5.91 Å². The normalized spacial score (nSPS) is 11.5. The van der Waals surface area contributed by atoms with Gasteiger partial charge >= 0.3 is 0 Å². The predicted molar refractivity (Wildman–Crippen MR) is 67.7 cm³/mol. The van der Waals surface area contributed by atoms with E-state index in [0.29, 0.717) is 31.8 Å². The van der Waals surface area contributed by atoms with Crippen molar-refractivity contribution < 1.29 is 9.32 Å². The van der Waals surface area contributed by atoms with Gasteiger partial charge in [-0.1, -0.05) is 19.0 Å². The number of carbonyl (C=O) groups is 1. The molecule has 0 atom stereocenters. The van der Waals surface area contributed by atoms with Gasteiger partial charge in [0.1, 0.15) is 0 Å². The van der Waals surface area contributed by atoms with E-state index in [9.17, 15) is 4.79 Å². The van der Waals surface area contributed by atoms with E-state index in [2.05, 4.69) is 33.8 Å². The average Bonchev–Trinajstić information content (AvgIpc) is 2.79. The molecule has 0 aliphatic heterocycles. The van der Waals surface area contributed by atoms with Crippen LogP contribution in [-0.4, -0.2) is 29.1 Å². The Hall–Kier alpha value is -1.43. The Bertz CT molecular complexity index is 349. The highest BCUT2D eigenvalue weighted by molar-refractivity contribution is 5.75. The van der Waals surface area contributed by atoms with E-state index in [1.807, 2.05) is 0 Å². The van der Waals surface area contributed by atoms with Gasteiger partial charge in [0.05, 0.1) is 0 Å². The molecular formula is C12H22N4O2. The summed E-state index contributed by atoms with van der Waals surface area (Å²) in [5, 5.41) is 6.52. The number of nitrogens with two attached hydrogens (primary N) is 1. The van der Waals surface area contributed by atoms with Crippen LogP contribution in [0.15, 0.2) is 10.9 Å². The van der Waals surface area contributed by atoms with Gasteiger partial charge in [0.25, 0.3) is 0 Å². The van der Waals surface area contributed by atoms with Crippen LogP contribution in [0.2, 0.25) is 0 Å². The summed E-state index contributed by atoms with van der Waals surface area (Å²) < 4.78 is 4.61. The monoisotopic (exact) mass is 254 g/mol. The third-order valence-electron chi connectivity index (χ3n) is 2.93. The zero-order valence-corrected chi connectivity index (χ0v) is 11.1. The molecule has 3 N–H and O–H groups in total. The lowest BCUT2D eigenvalue weighted by Gasteiger charge is -2.23. The molecule has 0 bridgehead atoms. The van der Waals surface area contributed by atoms with Crippen LogP contribution in [0.4, 0.5) is 0 Å². The van der Waals surface area contributed by atoms with Crippen molar-refractivity contribution in [3.8, 4) is 0 Å². The minimum absolute atomic E-state index is 0.0589. The molecule has 1 aromatic rings. The van der Waals surface area contributed by atoms with Crippen LogP contribution in [0.3, 0.4) is 0 Å². The number of hydrogen-bond donors (Lipinski definition) is 2. The van der Waals surface area contributed by atoms with Crippen molar-refractivity contribution in [3.63, 3.8) is 0 Å². The second-order valence-electron chi connectivity index (χ2n) is 5.15. The van der Waals surface area contributed by atoms with Crippen LogP contribution < -0.4 is 11.1 Å². The second kappa shape index (κ2) is 7.10. The van der Waals surface area contributed by atoms with Crippen molar-refractivity contribution in [2.24, 2.45) is 11.1 Å². The fraction of sp³-hybridized carbons (Fsp3) is 0.750. The van der Waals surface area contributed by atoms with Crippen LogP contribution in [0.5, 0.6) is 0 Å². The maximum atomic E-state index is 11.6. The first kappa shape index (κ1) is 14.6. The molecule has 1 aromatic heterocycles. The third-order valence-corrected chi connectivity index (χ3v) is 2.93. The van der Waals surface area contributed by atoms with Crippen molar-refractivity contribution in [2.75, 3.05) is 13.1 Å². The van der Waals surface area contributed by atoms with Gasteiger partial charge < -0.3 is 15.6 Å². The lowest BCUT2D eigenvalue weighted by Crippen LogP contribution is -2.27. The van der Waals surface area contributed by atoms with Crippen molar-refractivity contribution in [2.45, 2.75) is 39.5 Å². The fourth-order valence-corrected chi connectivity index (χ4v) is 1.67. The highest BCUT2D eigenvalue weighted by atomic mass is 16.5. The van der Waals surface area contributed by atoms with Crippen LogP contribution in [0.25, 0.3) is 0 Å². The third kappa shape index (κ3) is 5.77. The first-order valence-electron chi connectivity index (χ1n) is 6.25. The van der Waals surface area contributed by atoms with Gasteiger partial charge in [-0.3, -0.25) is 4.79 Å². The number of amides is 1. The number of nitrogens with zero attached hydrogens (tertiary/aromatic N) is 2. The molecule has 0 spiro atoms. The zero-order chi connectivity index (χ0) is 13.4. The Balaban J connectivity index is 2.14. The Kier molecular flexibility index (Phi) is 5.77. The molecule has 0 saturated carbocycles. The topological polar surface area (TPSA) is 94.0 Å². The van der Waals surface area contributed by atoms with E-state index in [4.69, 9.17) is 5.73 Å². The van der Waals surface area contributed by atoms with Crippen molar-refractivity contribution in [3.05, 3.63) is 12.2 Å². The molecule has 0 saturated heterocycles. The van der Waals surface area contributed by atoms with Gasteiger partial charge in [0, 0.05) is 19.4 Å². The van der Waals surface area contributed by atoms with Gasteiger partial charge in [0.15, 0.2) is 5.82 Å². The zero-order valence-electron chi connectivity index (χ0n) is 11.1. The quantitative estimate of drug-likeness (QED) is 0.718. The summed E-state index contributed by atoms with van der Waals surface area (Å²) >= 11 is 0. The van der Waals surface area contributed by atoms with Gasteiger partial charge in [-0.15, -0.1) is 0 Å². The minimum atomic E-state index is 0.0589. The molecule has 0 unspecified atom stereocenters. The lowest BCUT2D eigenvalue weighted by atomic mass is 9.84. The molecular weight excluding hydrogens is 232 g/mol. The molecule has 1 amide bonds. The molecule has 0 fully saturated rings. The molecule has 6 nitrogen and oxygen atoms in total. The molecule has 0 aromatic carbocycles. The second-order valence-corrected chi connectivity index (χ2v) is 5.15. The Labute approximate surface area is 107 Å². The highest BCUT2D eigenvalue weighted by Gasteiger charge is 2.18. The van der Waals surface area contributed by atoms with E-state index in [1.54, 1.807) is 0 Å². The summed E-state index contributed by atoms with van der Waals surface area (Å²) in [6.07, 6.45) is 4.18. The van der Waals surface area contributed by atoms with Crippen LogP contribution >= 0.6 is 0 Å². The summed E-state index contributed by atoms with van der Waals surface area (Å²) in [4.78, 5) is 15.5. The summed E-state index contributed by atoms with van der Waals surface area (Å²) in [6, 6.07) is 0. The van der Waals surface area contributed by atoms with Gasteiger partial charge in [0.2, 0.25) is 12.3 Å². The highest BCUT2D eigenvalue weighted by Crippen LogP contribution is 2.25. The minimum Gasteiger partial charge on any atom is -0.356 e. The summed E-state index contributed by atoms with van der Waals surface area (Å²) in [5.41, 5.74) is 5.66. The molecule has 0 aliphatic rings. The van der Waals surface area contributed by atoms with E-state index < -0.39 is 0 Å². The number of aromatic nitrogens is 2. The van der Waals surface area contributed by atoms with E-state index in [-0.39, 0.29) is 11.3 Å². The maximum absolute atomic E-state index is 11.6. The number of hydrogen-bond acceptors (Lipinski definition) is 5. The number of nitrogens with one attached hydrogen (secondary N) is 1. The first-order valence-corrected chi connectivity index (χ1v) is 6.25. The average molecular weight is 254 g/mol. The molecule has 1 heterocycles. The largest absolute Gasteiger partial charge is 0.356 e. The van der Waals surface area contributed by atoms with Gasteiger partial charge in [-0.25, -0.2) is 0 Å². The number of carbonyl (C=O) groups excluding carboxylic acids is 1. The number of rotatable bonds is 8. The van der Waals surface area contributed by atoms with Gasteiger partial charge in [-0.05, 0) is 24.8 Å². The van der Waals surface area contributed by atoms with E-state index in [1.165, 1.54) is 6.39 Å². The fourth-order valence-electron chi connectivity index (χ4n) is 1.67. The van der Waals surface area contributed by atoms with Crippen molar-refractivity contribution in [1.29, 1.82) is 0 Å². The Morgan fingerprint density at radius 2 is 2.28 bits per heavy atom. The molecule has 18 heavy (non-hydrogen) atoms. The maximum Gasteiger partial charge on any atom is 0.220 e. The lowest BCUT2D eigenvalue weighted by molar-refractivity contribution is -0.121. The molecule has 0 aliphatic carbocycles. The summed E-state index contributed by atoms with van der Waals surface area (Å²) in [6.45, 7) is 5.46. The van der Waals surface area contributed by atoms with E-state index in [0.717, 1.165) is 12.8 Å². The molecule has 0 radical (unpaired) electrons. The van der Waals surface area contributed by atoms with Gasteiger partial charge in [-0.2, -0.15) is 4.98 Å². The molecule has 6 heteroatoms. The van der Waals surface area contributed by atoms with E-state index >= 15 is 0 Å². The Morgan fingerprint density at radius 1 is 1.50 bits per heavy atom.